The number of benzene rings is 2. The molecule has 0 atom stereocenters. The quantitative estimate of drug-likeness (QED) is 0.564. The molecule has 0 saturated carbocycles. The summed E-state index contributed by atoms with van der Waals surface area (Å²) in [7, 11) is 0. The molecule has 1 aliphatic heterocycles. The number of carbonyl (C=O) groups excluding carboxylic acids is 1. The zero-order valence-corrected chi connectivity index (χ0v) is 13.3. The third-order valence-corrected chi connectivity index (χ3v) is 3.87. The van der Waals surface area contributed by atoms with E-state index in [1.165, 1.54) is 6.08 Å². The summed E-state index contributed by atoms with van der Waals surface area (Å²) in [5, 5.41) is 1.39. The van der Waals surface area contributed by atoms with E-state index < -0.39 is 5.97 Å². The Balaban J connectivity index is 2.02. The monoisotopic (exact) mass is 351 g/mol. The largest absolute Gasteiger partial charge is 0.402 e. The van der Waals surface area contributed by atoms with Crippen molar-refractivity contribution in [3.8, 4) is 0 Å². The van der Waals surface area contributed by atoms with Gasteiger partial charge in [0.25, 0.3) is 0 Å². The summed E-state index contributed by atoms with van der Waals surface area (Å²) in [6.45, 7) is 0. The highest BCUT2D eigenvalue weighted by molar-refractivity contribution is 6.37. The number of carbonyl (C=O) groups is 1. The molecule has 0 fully saturated rings. The predicted octanol–water partition coefficient (Wildman–Crippen LogP) is 4.99. The van der Waals surface area contributed by atoms with Crippen molar-refractivity contribution >= 4 is 52.7 Å². The molecule has 3 nitrogen and oxygen atoms in total. The van der Waals surface area contributed by atoms with Crippen molar-refractivity contribution in [1.29, 1.82) is 0 Å². The van der Waals surface area contributed by atoms with Crippen LogP contribution in [0.2, 0.25) is 15.1 Å². The van der Waals surface area contributed by atoms with Crippen LogP contribution in [0.5, 0.6) is 0 Å². The van der Waals surface area contributed by atoms with Crippen molar-refractivity contribution in [3.05, 3.63) is 74.4 Å². The van der Waals surface area contributed by atoms with Crippen LogP contribution in [0.3, 0.4) is 0 Å². The average Bonchev–Trinajstić information content (AvgIpc) is 2.84. The first-order valence-electron chi connectivity index (χ1n) is 6.27. The normalized spacial score (nSPS) is 15.9. The number of hydrogen-bond donors (Lipinski definition) is 0. The van der Waals surface area contributed by atoms with Crippen molar-refractivity contribution in [3.63, 3.8) is 0 Å². The van der Waals surface area contributed by atoms with Gasteiger partial charge in [-0.3, -0.25) is 0 Å². The molecule has 22 heavy (non-hydrogen) atoms. The number of halogens is 3. The molecule has 0 radical (unpaired) electrons. The molecule has 0 spiro atoms. The summed E-state index contributed by atoms with van der Waals surface area (Å²) in [6.07, 6.45) is 1.50. The maximum atomic E-state index is 11.9. The van der Waals surface area contributed by atoms with Gasteiger partial charge < -0.3 is 4.74 Å². The van der Waals surface area contributed by atoms with E-state index in [2.05, 4.69) is 4.99 Å². The van der Waals surface area contributed by atoms with E-state index in [9.17, 15) is 4.79 Å². The van der Waals surface area contributed by atoms with Crippen LogP contribution in [0.1, 0.15) is 11.1 Å². The van der Waals surface area contributed by atoms with E-state index in [-0.39, 0.29) is 11.6 Å². The van der Waals surface area contributed by atoms with Crippen LogP contribution >= 0.6 is 34.8 Å². The molecule has 0 aliphatic carbocycles. The van der Waals surface area contributed by atoms with Gasteiger partial charge in [-0.15, -0.1) is 0 Å². The van der Waals surface area contributed by atoms with E-state index in [4.69, 9.17) is 39.5 Å². The Hall–Kier alpha value is -1.81. The van der Waals surface area contributed by atoms with Gasteiger partial charge in [-0.05, 0) is 36.4 Å². The summed E-state index contributed by atoms with van der Waals surface area (Å²) < 4.78 is 5.16. The fraction of sp³-hybridized carbons (Fsp3) is 0. The summed E-state index contributed by atoms with van der Waals surface area (Å²) >= 11 is 18.1. The first-order valence-corrected chi connectivity index (χ1v) is 7.40. The number of esters is 1. The van der Waals surface area contributed by atoms with Gasteiger partial charge in [0.05, 0.1) is 0 Å². The Morgan fingerprint density at radius 1 is 1.00 bits per heavy atom. The summed E-state index contributed by atoms with van der Waals surface area (Å²) in [5.74, 6) is -0.368. The molecule has 3 rings (SSSR count). The summed E-state index contributed by atoms with van der Waals surface area (Å²) in [4.78, 5) is 16.1. The molecular weight excluding hydrogens is 345 g/mol. The van der Waals surface area contributed by atoms with Gasteiger partial charge in [0.15, 0.2) is 5.70 Å². The van der Waals surface area contributed by atoms with Gasteiger partial charge in [-0.2, -0.15) is 0 Å². The molecule has 110 valence electrons. The van der Waals surface area contributed by atoms with Gasteiger partial charge in [0, 0.05) is 26.2 Å². The van der Waals surface area contributed by atoms with Gasteiger partial charge in [-0.1, -0.05) is 46.9 Å². The zero-order chi connectivity index (χ0) is 15.7. The Morgan fingerprint density at radius 3 is 2.36 bits per heavy atom. The number of ether oxygens (including phenoxy) is 1. The standard InChI is InChI=1S/C16H8Cl3NO2/c17-10-4-1-3-9(7-10)15-20-14(16(21)22-15)8-11-12(18)5-2-6-13(11)19/h1-8H/b14-8-. The average molecular weight is 353 g/mol. The molecule has 1 aliphatic rings. The van der Waals surface area contributed by atoms with Crippen molar-refractivity contribution in [2.45, 2.75) is 0 Å². The zero-order valence-electron chi connectivity index (χ0n) is 11.0. The first-order chi connectivity index (χ1) is 10.5. The SMILES string of the molecule is O=C1OC(c2cccc(Cl)c2)=N/C1=C\c1c(Cl)cccc1Cl. The molecule has 2 aromatic carbocycles. The molecule has 0 amide bonds. The van der Waals surface area contributed by atoms with Crippen LogP contribution in [0.25, 0.3) is 6.08 Å². The number of hydrogen-bond acceptors (Lipinski definition) is 3. The fourth-order valence-electron chi connectivity index (χ4n) is 1.94. The Morgan fingerprint density at radius 2 is 1.68 bits per heavy atom. The predicted molar refractivity (Wildman–Crippen MR) is 88.5 cm³/mol. The molecule has 2 aromatic rings. The number of cyclic esters (lactones) is 1. The van der Waals surface area contributed by atoms with Crippen LogP contribution in [0.15, 0.2) is 53.2 Å². The molecule has 0 N–H and O–H groups in total. The topological polar surface area (TPSA) is 38.7 Å². The highest BCUT2D eigenvalue weighted by atomic mass is 35.5. The highest BCUT2D eigenvalue weighted by Crippen LogP contribution is 2.29. The van der Waals surface area contributed by atoms with Gasteiger partial charge in [0.2, 0.25) is 5.90 Å². The molecule has 6 heteroatoms. The van der Waals surface area contributed by atoms with Crippen LogP contribution in [0.4, 0.5) is 0 Å². The first kappa shape index (κ1) is 15.1. The lowest BCUT2D eigenvalue weighted by Gasteiger charge is -2.00. The third kappa shape index (κ3) is 3.02. The van der Waals surface area contributed by atoms with E-state index in [0.717, 1.165) is 0 Å². The number of aliphatic imine (C=N–C) groups is 1. The third-order valence-electron chi connectivity index (χ3n) is 2.97. The van der Waals surface area contributed by atoms with Gasteiger partial charge >= 0.3 is 5.97 Å². The molecule has 0 unspecified atom stereocenters. The summed E-state index contributed by atoms with van der Waals surface area (Å²) in [5.41, 5.74) is 1.27. The minimum Gasteiger partial charge on any atom is -0.402 e. The lowest BCUT2D eigenvalue weighted by molar-refractivity contribution is -0.129. The second-order valence-corrected chi connectivity index (χ2v) is 5.73. The lowest BCUT2D eigenvalue weighted by Crippen LogP contribution is -2.05. The molecule has 0 bridgehead atoms. The van der Waals surface area contributed by atoms with Crippen LogP contribution in [-0.4, -0.2) is 11.9 Å². The van der Waals surface area contributed by atoms with Crippen molar-refractivity contribution < 1.29 is 9.53 Å². The second-order valence-electron chi connectivity index (χ2n) is 4.48. The maximum absolute atomic E-state index is 11.9. The van der Waals surface area contributed by atoms with Gasteiger partial charge in [0.1, 0.15) is 0 Å². The Kier molecular flexibility index (Phi) is 4.21. The summed E-state index contributed by atoms with van der Waals surface area (Å²) in [6, 6.07) is 12.0. The van der Waals surface area contributed by atoms with E-state index in [1.807, 2.05) is 0 Å². The van der Waals surface area contributed by atoms with Crippen molar-refractivity contribution in [2.75, 3.05) is 0 Å². The van der Waals surface area contributed by atoms with E-state index in [1.54, 1.807) is 42.5 Å². The van der Waals surface area contributed by atoms with Crippen molar-refractivity contribution in [1.82, 2.24) is 0 Å². The Bertz CT molecular complexity index is 808. The van der Waals surface area contributed by atoms with E-state index >= 15 is 0 Å². The van der Waals surface area contributed by atoms with Crippen molar-refractivity contribution in [2.24, 2.45) is 4.99 Å². The maximum Gasteiger partial charge on any atom is 0.363 e. The van der Waals surface area contributed by atoms with Gasteiger partial charge in [-0.25, -0.2) is 9.79 Å². The van der Waals surface area contributed by atoms with Crippen LogP contribution in [0, 0.1) is 0 Å². The fourth-order valence-corrected chi connectivity index (χ4v) is 2.64. The minimum absolute atomic E-state index is 0.130. The number of nitrogens with zero attached hydrogens (tertiary/aromatic N) is 1. The molecule has 1 heterocycles. The molecular formula is C16H8Cl3NO2. The molecule has 0 aromatic heterocycles. The minimum atomic E-state index is -0.564. The number of rotatable bonds is 2. The highest BCUT2D eigenvalue weighted by Gasteiger charge is 2.24. The van der Waals surface area contributed by atoms with Crippen LogP contribution < -0.4 is 0 Å². The van der Waals surface area contributed by atoms with Crippen LogP contribution in [-0.2, 0) is 9.53 Å². The van der Waals surface area contributed by atoms with E-state index in [0.29, 0.717) is 26.2 Å². The lowest BCUT2D eigenvalue weighted by atomic mass is 10.2. The smallest absolute Gasteiger partial charge is 0.363 e. The Labute approximate surface area is 141 Å². The molecule has 0 saturated heterocycles. The second kappa shape index (κ2) is 6.13.